The van der Waals surface area contributed by atoms with Crippen LogP contribution < -0.4 is 9.64 Å². The number of methoxy groups -OCH3 is 1. The van der Waals surface area contributed by atoms with Gasteiger partial charge in [-0.15, -0.1) is 0 Å². The quantitative estimate of drug-likeness (QED) is 0.748. The first-order valence-corrected chi connectivity index (χ1v) is 7.96. The number of carbonyl (C=O) groups excluding carboxylic acids is 1. The maximum atomic E-state index is 12.5. The van der Waals surface area contributed by atoms with E-state index in [2.05, 4.69) is 15.9 Å². The van der Waals surface area contributed by atoms with Crippen LogP contribution in [0.3, 0.4) is 0 Å². The van der Waals surface area contributed by atoms with Gasteiger partial charge in [0, 0.05) is 16.2 Å². The fourth-order valence-corrected chi connectivity index (χ4v) is 2.17. The molecule has 0 aliphatic rings. The van der Waals surface area contributed by atoms with Crippen LogP contribution >= 0.6 is 15.9 Å². The molecule has 0 spiro atoms. The van der Waals surface area contributed by atoms with Crippen LogP contribution in [0.1, 0.15) is 26.5 Å². The zero-order chi connectivity index (χ0) is 17.0. The number of rotatable bonds is 4. The molecule has 0 saturated carbocycles. The minimum atomic E-state index is -0.578. The van der Waals surface area contributed by atoms with Gasteiger partial charge in [0.15, 0.2) is 0 Å². The molecule has 1 amide bonds. The fraction of sp³-hybridized carbons (Fsp3) is 0.353. The number of nitrogens with zero attached hydrogens (tertiary/aromatic N) is 1. The molecule has 0 saturated heterocycles. The van der Waals surface area contributed by atoms with E-state index in [1.807, 2.05) is 45.0 Å². The summed E-state index contributed by atoms with van der Waals surface area (Å²) in [5, 5.41) is 0. The number of amides is 1. The van der Waals surface area contributed by atoms with Gasteiger partial charge in [0.1, 0.15) is 11.4 Å². The summed E-state index contributed by atoms with van der Waals surface area (Å²) in [6.07, 6.45) is -0.435. The molecular weight excluding hydrogens is 362 g/mol. The largest absolute Gasteiger partial charge is 0.468 e. The lowest BCUT2D eigenvalue weighted by atomic mass is 10.2. The van der Waals surface area contributed by atoms with Gasteiger partial charge in [-0.2, -0.15) is 0 Å². The average Bonchev–Trinajstić information content (AvgIpc) is 2.92. The molecule has 1 heterocycles. The summed E-state index contributed by atoms with van der Waals surface area (Å²) in [5.41, 5.74) is 0.142. The summed E-state index contributed by atoms with van der Waals surface area (Å²) in [6, 6.07) is 10.9. The van der Waals surface area contributed by atoms with E-state index >= 15 is 0 Å². The first kappa shape index (κ1) is 17.4. The molecule has 124 valence electrons. The number of carbonyl (C=O) groups is 1. The Hall–Kier alpha value is -1.95. The van der Waals surface area contributed by atoms with Crippen molar-refractivity contribution in [3.8, 4) is 5.95 Å². The zero-order valence-electron chi connectivity index (χ0n) is 13.6. The lowest BCUT2D eigenvalue weighted by Crippen LogP contribution is -2.36. The van der Waals surface area contributed by atoms with E-state index in [-0.39, 0.29) is 6.54 Å². The Morgan fingerprint density at radius 1 is 1.17 bits per heavy atom. The molecule has 23 heavy (non-hydrogen) atoms. The standard InChI is InChI=1S/C17H20BrNO4/c1-17(2,3)23-16(20)19(13-7-5-12(18)6-8-13)11-14-9-10-15(21-4)22-14/h5-10H,11H2,1-4H3. The Morgan fingerprint density at radius 3 is 2.35 bits per heavy atom. The Kier molecular flexibility index (Phi) is 5.36. The van der Waals surface area contributed by atoms with Gasteiger partial charge in [-0.1, -0.05) is 15.9 Å². The topological polar surface area (TPSA) is 51.9 Å². The maximum absolute atomic E-state index is 12.5. The van der Waals surface area contributed by atoms with Crippen LogP contribution in [-0.4, -0.2) is 18.8 Å². The Balaban J connectivity index is 2.26. The first-order chi connectivity index (χ1) is 10.8. The molecule has 0 unspecified atom stereocenters. The Labute approximate surface area is 144 Å². The Bertz CT molecular complexity index is 658. The highest BCUT2D eigenvalue weighted by molar-refractivity contribution is 9.10. The second-order valence-electron chi connectivity index (χ2n) is 5.97. The molecule has 0 fully saturated rings. The van der Waals surface area contributed by atoms with Crippen LogP contribution in [0.25, 0.3) is 0 Å². The first-order valence-electron chi connectivity index (χ1n) is 7.17. The predicted octanol–water partition coefficient (Wildman–Crippen LogP) is 4.99. The van der Waals surface area contributed by atoms with E-state index in [0.29, 0.717) is 11.7 Å². The third-order valence-electron chi connectivity index (χ3n) is 2.90. The van der Waals surface area contributed by atoms with E-state index in [1.54, 1.807) is 12.1 Å². The molecule has 0 N–H and O–H groups in total. The lowest BCUT2D eigenvalue weighted by Gasteiger charge is -2.27. The van der Waals surface area contributed by atoms with Crippen LogP contribution in [-0.2, 0) is 11.3 Å². The van der Waals surface area contributed by atoms with E-state index in [1.165, 1.54) is 12.0 Å². The molecule has 0 bridgehead atoms. The lowest BCUT2D eigenvalue weighted by molar-refractivity contribution is 0.0574. The summed E-state index contributed by atoms with van der Waals surface area (Å²) in [5.74, 6) is 1.01. The molecule has 0 atom stereocenters. The number of halogens is 1. The van der Waals surface area contributed by atoms with Crippen molar-refractivity contribution in [2.75, 3.05) is 12.0 Å². The molecule has 2 aromatic rings. The van der Waals surface area contributed by atoms with Crippen molar-refractivity contribution in [2.45, 2.75) is 32.9 Å². The van der Waals surface area contributed by atoms with Gasteiger partial charge >= 0.3 is 6.09 Å². The van der Waals surface area contributed by atoms with Gasteiger partial charge in [-0.05, 0) is 51.1 Å². The molecule has 6 heteroatoms. The third kappa shape index (κ3) is 5.03. The minimum absolute atomic E-state index is 0.250. The number of ether oxygens (including phenoxy) is 2. The molecule has 0 radical (unpaired) electrons. The second kappa shape index (κ2) is 7.08. The van der Waals surface area contributed by atoms with E-state index in [9.17, 15) is 4.79 Å². The van der Waals surface area contributed by atoms with E-state index < -0.39 is 11.7 Å². The van der Waals surface area contributed by atoms with Crippen LogP contribution in [0.4, 0.5) is 10.5 Å². The predicted molar refractivity (Wildman–Crippen MR) is 91.8 cm³/mol. The van der Waals surface area contributed by atoms with E-state index in [0.717, 1.165) is 10.2 Å². The highest BCUT2D eigenvalue weighted by Gasteiger charge is 2.24. The van der Waals surface area contributed by atoms with Gasteiger partial charge in [0.05, 0.1) is 13.7 Å². The minimum Gasteiger partial charge on any atom is -0.468 e. The number of hydrogen-bond donors (Lipinski definition) is 0. The molecule has 2 rings (SSSR count). The zero-order valence-corrected chi connectivity index (χ0v) is 15.2. The van der Waals surface area contributed by atoms with Crippen molar-refractivity contribution in [1.29, 1.82) is 0 Å². The monoisotopic (exact) mass is 381 g/mol. The summed E-state index contributed by atoms with van der Waals surface area (Å²) in [7, 11) is 1.53. The molecule has 1 aromatic heterocycles. The van der Waals surface area contributed by atoms with Crippen LogP contribution in [0.15, 0.2) is 45.3 Å². The summed E-state index contributed by atoms with van der Waals surface area (Å²) < 4.78 is 17.0. The molecule has 0 aliphatic carbocycles. The van der Waals surface area contributed by atoms with Crippen LogP contribution in [0.2, 0.25) is 0 Å². The van der Waals surface area contributed by atoms with Crippen molar-refractivity contribution in [2.24, 2.45) is 0 Å². The van der Waals surface area contributed by atoms with E-state index in [4.69, 9.17) is 13.9 Å². The summed E-state index contributed by atoms with van der Waals surface area (Å²) >= 11 is 3.39. The third-order valence-corrected chi connectivity index (χ3v) is 3.43. The van der Waals surface area contributed by atoms with Gasteiger partial charge in [-0.3, -0.25) is 4.90 Å². The van der Waals surface area contributed by atoms with Gasteiger partial charge in [0.25, 0.3) is 5.95 Å². The Morgan fingerprint density at radius 2 is 1.83 bits per heavy atom. The highest BCUT2D eigenvalue weighted by Crippen LogP contribution is 2.25. The molecule has 5 nitrogen and oxygen atoms in total. The summed E-state index contributed by atoms with van der Waals surface area (Å²) in [4.78, 5) is 14.1. The van der Waals surface area contributed by atoms with Crippen LogP contribution in [0, 0.1) is 0 Å². The number of anilines is 1. The van der Waals surface area contributed by atoms with Crippen molar-refractivity contribution in [1.82, 2.24) is 0 Å². The second-order valence-corrected chi connectivity index (χ2v) is 6.88. The number of hydrogen-bond acceptors (Lipinski definition) is 4. The van der Waals surface area contributed by atoms with Crippen molar-refractivity contribution < 1.29 is 18.7 Å². The maximum Gasteiger partial charge on any atom is 0.415 e. The molecule has 0 aliphatic heterocycles. The van der Waals surface area contributed by atoms with Crippen LogP contribution in [0.5, 0.6) is 5.95 Å². The summed E-state index contributed by atoms with van der Waals surface area (Å²) in [6.45, 7) is 5.75. The normalized spacial score (nSPS) is 11.2. The fourth-order valence-electron chi connectivity index (χ4n) is 1.91. The van der Waals surface area contributed by atoms with Gasteiger partial charge in [0.2, 0.25) is 0 Å². The number of benzene rings is 1. The highest BCUT2D eigenvalue weighted by atomic mass is 79.9. The molecule has 1 aromatic carbocycles. The van der Waals surface area contributed by atoms with Gasteiger partial charge in [-0.25, -0.2) is 4.79 Å². The van der Waals surface area contributed by atoms with Gasteiger partial charge < -0.3 is 13.9 Å². The van der Waals surface area contributed by atoms with Crippen molar-refractivity contribution in [3.05, 3.63) is 46.6 Å². The van der Waals surface area contributed by atoms with Crippen molar-refractivity contribution in [3.63, 3.8) is 0 Å². The smallest absolute Gasteiger partial charge is 0.415 e. The number of furan rings is 1. The average molecular weight is 382 g/mol. The van der Waals surface area contributed by atoms with Crippen molar-refractivity contribution >= 4 is 27.7 Å². The SMILES string of the molecule is COc1ccc(CN(C(=O)OC(C)(C)C)c2ccc(Br)cc2)o1. The molecular formula is C17H20BrNO4.